The summed E-state index contributed by atoms with van der Waals surface area (Å²) in [6, 6.07) is 0. The van der Waals surface area contributed by atoms with Crippen molar-refractivity contribution in [2.75, 3.05) is 6.54 Å². The maximum Gasteiger partial charge on any atom is 0.339 e. The fourth-order valence-corrected chi connectivity index (χ4v) is 0.900. The summed E-state index contributed by atoms with van der Waals surface area (Å²) in [7, 11) is 0. The van der Waals surface area contributed by atoms with Crippen LogP contribution in [-0.4, -0.2) is 34.2 Å². The molecule has 5 heteroatoms. The zero-order valence-electron chi connectivity index (χ0n) is 5.57. The third-order valence-electron chi connectivity index (χ3n) is 1.54. The fourth-order valence-electron chi connectivity index (χ4n) is 0.900. The number of aliphatic carboxylic acids is 2. The van der Waals surface area contributed by atoms with Gasteiger partial charge in [0.05, 0.1) is 0 Å². The molecule has 60 valence electrons. The van der Waals surface area contributed by atoms with Crippen molar-refractivity contribution in [3.63, 3.8) is 0 Å². The highest BCUT2D eigenvalue weighted by molar-refractivity contribution is 6.06. The maximum absolute atomic E-state index is 10.5. The van der Waals surface area contributed by atoms with Crippen molar-refractivity contribution in [1.82, 2.24) is 5.32 Å². The van der Waals surface area contributed by atoms with E-state index in [1.807, 2.05) is 0 Å². The van der Waals surface area contributed by atoms with Crippen LogP contribution in [0.15, 0.2) is 12.2 Å². The fraction of sp³-hybridized carbons (Fsp3) is 0.333. The number of carbonyl (C=O) groups is 2. The maximum atomic E-state index is 10.5. The van der Waals surface area contributed by atoms with Crippen molar-refractivity contribution in [2.24, 2.45) is 0 Å². The Morgan fingerprint density at radius 2 is 1.91 bits per heavy atom. The van der Waals surface area contributed by atoms with Crippen LogP contribution in [0.3, 0.4) is 0 Å². The van der Waals surface area contributed by atoms with Crippen LogP contribution in [0.4, 0.5) is 0 Å². The molecule has 1 heterocycles. The van der Waals surface area contributed by atoms with Gasteiger partial charge in [-0.15, -0.1) is 0 Å². The molecule has 0 aromatic rings. The molecule has 0 atom stereocenters. The second-order valence-corrected chi connectivity index (χ2v) is 2.20. The van der Waals surface area contributed by atoms with Gasteiger partial charge in [0.2, 0.25) is 5.54 Å². The van der Waals surface area contributed by atoms with Gasteiger partial charge in [0.15, 0.2) is 0 Å². The predicted molar refractivity (Wildman–Crippen MR) is 35.1 cm³/mol. The Hall–Kier alpha value is -1.36. The largest absolute Gasteiger partial charge is 0.479 e. The van der Waals surface area contributed by atoms with Crippen molar-refractivity contribution in [3.05, 3.63) is 12.2 Å². The summed E-state index contributed by atoms with van der Waals surface area (Å²) in [4.78, 5) is 20.9. The Labute approximate surface area is 62.3 Å². The van der Waals surface area contributed by atoms with E-state index in [2.05, 4.69) is 5.32 Å². The monoisotopic (exact) mass is 157 g/mol. The zero-order chi connectivity index (χ0) is 8.48. The quantitative estimate of drug-likeness (QED) is 0.355. The minimum absolute atomic E-state index is 0.276. The van der Waals surface area contributed by atoms with Crippen LogP contribution in [0.1, 0.15) is 0 Å². The Morgan fingerprint density at radius 3 is 2.09 bits per heavy atom. The van der Waals surface area contributed by atoms with Crippen molar-refractivity contribution < 1.29 is 19.8 Å². The highest BCUT2D eigenvalue weighted by Crippen LogP contribution is 2.12. The van der Waals surface area contributed by atoms with Crippen LogP contribution < -0.4 is 5.32 Å². The molecule has 0 saturated carbocycles. The molecule has 0 aromatic carbocycles. The third kappa shape index (κ3) is 0.988. The molecule has 0 amide bonds. The molecule has 11 heavy (non-hydrogen) atoms. The summed E-state index contributed by atoms with van der Waals surface area (Å²) in [6.07, 6.45) is 2.61. The topological polar surface area (TPSA) is 86.6 Å². The molecular weight excluding hydrogens is 150 g/mol. The minimum Gasteiger partial charge on any atom is -0.479 e. The number of rotatable bonds is 2. The van der Waals surface area contributed by atoms with E-state index in [0.717, 1.165) is 6.08 Å². The molecule has 0 radical (unpaired) electrons. The molecule has 0 fully saturated rings. The van der Waals surface area contributed by atoms with Crippen LogP contribution in [0.5, 0.6) is 0 Å². The van der Waals surface area contributed by atoms with Crippen LogP contribution in [0, 0.1) is 0 Å². The molecule has 0 bridgehead atoms. The van der Waals surface area contributed by atoms with E-state index in [0.29, 0.717) is 0 Å². The molecule has 0 aromatic heterocycles. The summed E-state index contributed by atoms with van der Waals surface area (Å²) in [5.41, 5.74) is -1.90. The lowest BCUT2D eigenvalue weighted by atomic mass is 10.0. The number of hydrogen-bond donors (Lipinski definition) is 3. The predicted octanol–water partition coefficient (Wildman–Crippen LogP) is -0.946. The average molecular weight is 157 g/mol. The van der Waals surface area contributed by atoms with Crippen molar-refractivity contribution in [3.8, 4) is 0 Å². The van der Waals surface area contributed by atoms with Gasteiger partial charge >= 0.3 is 11.9 Å². The molecule has 5 nitrogen and oxygen atoms in total. The number of carboxylic acids is 2. The van der Waals surface area contributed by atoms with Gasteiger partial charge in [-0.2, -0.15) is 0 Å². The lowest BCUT2D eigenvalue weighted by Crippen LogP contribution is -2.54. The van der Waals surface area contributed by atoms with E-state index in [1.54, 1.807) is 0 Å². The summed E-state index contributed by atoms with van der Waals surface area (Å²) >= 11 is 0. The van der Waals surface area contributed by atoms with Crippen molar-refractivity contribution in [1.29, 1.82) is 0 Å². The van der Waals surface area contributed by atoms with E-state index in [1.165, 1.54) is 6.08 Å². The van der Waals surface area contributed by atoms with Crippen molar-refractivity contribution in [2.45, 2.75) is 5.54 Å². The van der Waals surface area contributed by atoms with Crippen LogP contribution in [0.25, 0.3) is 0 Å². The van der Waals surface area contributed by atoms with Gasteiger partial charge in [0.1, 0.15) is 0 Å². The van der Waals surface area contributed by atoms with E-state index < -0.39 is 17.5 Å². The smallest absolute Gasteiger partial charge is 0.339 e. The second-order valence-electron chi connectivity index (χ2n) is 2.20. The molecular formula is C6H7NO4. The van der Waals surface area contributed by atoms with Gasteiger partial charge in [-0.1, -0.05) is 6.08 Å². The molecule has 0 saturated heterocycles. The molecule has 1 aliphatic rings. The summed E-state index contributed by atoms with van der Waals surface area (Å²) in [6.45, 7) is 0.276. The SMILES string of the molecule is O=C(O)C1(C(=O)O)C=CCN1. The van der Waals surface area contributed by atoms with Crippen LogP contribution >= 0.6 is 0 Å². The molecule has 0 unspecified atom stereocenters. The zero-order valence-corrected chi connectivity index (χ0v) is 5.57. The molecule has 0 spiro atoms. The first kappa shape index (κ1) is 7.74. The molecule has 3 N–H and O–H groups in total. The molecule has 0 aliphatic carbocycles. The van der Waals surface area contributed by atoms with Gasteiger partial charge in [-0.3, -0.25) is 5.32 Å². The normalized spacial score (nSPS) is 20.0. The van der Waals surface area contributed by atoms with Gasteiger partial charge in [0.25, 0.3) is 0 Å². The minimum atomic E-state index is -1.90. The summed E-state index contributed by atoms with van der Waals surface area (Å²) in [5, 5.41) is 19.4. The lowest BCUT2D eigenvalue weighted by Gasteiger charge is -2.16. The van der Waals surface area contributed by atoms with E-state index in [4.69, 9.17) is 10.2 Å². The van der Waals surface area contributed by atoms with Gasteiger partial charge < -0.3 is 10.2 Å². The molecule has 1 rings (SSSR count). The third-order valence-corrected chi connectivity index (χ3v) is 1.54. The van der Waals surface area contributed by atoms with Crippen molar-refractivity contribution >= 4 is 11.9 Å². The first-order valence-electron chi connectivity index (χ1n) is 2.99. The second kappa shape index (κ2) is 2.35. The highest BCUT2D eigenvalue weighted by Gasteiger charge is 2.45. The average Bonchev–Trinajstić information content (AvgIpc) is 2.34. The van der Waals surface area contributed by atoms with Gasteiger partial charge in [0, 0.05) is 6.54 Å². The van der Waals surface area contributed by atoms with Crippen LogP contribution in [0.2, 0.25) is 0 Å². The van der Waals surface area contributed by atoms with Gasteiger partial charge in [-0.25, -0.2) is 9.59 Å². The first-order valence-corrected chi connectivity index (χ1v) is 2.99. The standard InChI is InChI=1S/C6H7NO4/c8-4(9)6(5(10)11)2-1-3-7-6/h1-2,7H,3H2,(H,8,9)(H,10,11). The van der Waals surface area contributed by atoms with Crippen LogP contribution in [-0.2, 0) is 9.59 Å². The summed E-state index contributed by atoms with van der Waals surface area (Å²) < 4.78 is 0. The highest BCUT2D eigenvalue weighted by atomic mass is 16.4. The Morgan fingerprint density at radius 1 is 1.36 bits per heavy atom. The van der Waals surface area contributed by atoms with Gasteiger partial charge in [-0.05, 0) is 6.08 Å². The Bertz CT molecular complexity index is 219. The Kier molecular flexibility index (Phi) is 1.66. The Balaban J connectivity index is 2.98. The van der Waals surface area contributed by atoms with E-state index >= 15 is 0 Å². The first-order chi connectivity index (χ1) is 5.09. The molecule has 1 aliphatic heterocycles. The van der Waals surface area contributed by atoms with E-state index in [-0.39, 0.29) is 6.54 Å². The van der Waals surface area contributed by atoms with E-state index in [9.17, 15) is 9.59 Å². The lowest BCUT2D eigenvalue weighted by molar-refractivity contribution is -0.155. The number of hydrogen-bond acceptors (Lipinski definition) is 3. The number of carboxylic acid groups (broad SMARTS) is 2. The summed E-state index contributed by atoms with van der Waals surface area (Å²) in [5.74, 6) is -2.78. The number of nitrogens with one attached hydrogen (secondary N) is 1.